The number of nitrogens with one attached hydrogen (secondary N) is 1. The molecule has 9 heteroatoms. The zero-order valence-corrected chi connectivity index (χ0v) is 30.9. The first kappa shape index (κ1) is 44.5. The Morgan fingerprint density at radius 3 is 1.91 bits per heavy atom. The minimum absolute atomic E-state index is 0.0682. The predicted octanol–water partition coefficient (Wildman–Crippen LogP) is 8.96. The lowest BCUT2D eigenvalue weighted by Gasteiger charge is -2.26. The first-order chi connectivity index (χ1) is 22.0. The highest BCUT2D eigenvalue weighted by Gasteiger charge is 2.28. The molecular weight excluding hydrogens is 599 g/mol. The monoisotopic (exact) mass is 669 g/mol. The van der Waals surface area contributed by atoms with Crippen LogP contribution in [0, 0.1) is 0 Å². The number of unbranched alkanes of at least 4 members (excludes halogenated alkanes) is 10. The third-order valence-corrected chi connectivity index (χ3v) is 8.58. The number of amides is 1. The molecule has 0 bridgehead atoms. The fraction of sp³-hybridized carbons (Fsp3) is 0.757. The second-order valence-electron chi connectivity index (χ2n) is 13.2. The summed E-state index contributed by atoms with van der Waals surface area (Å²) in [6.07, 6.45) is 34.5. The molecule has 0 heterocycles. The molecule has 0 radical (unpaired) electrons. The van der Waals surface area contributed by atoms with Gasteiger partial charge in [-0.05, 0) is 51.4 Å². The maximum absolute atomic E-state index is 12.7. The average Bonchev–Trinajstić information content (AvgIpc) is 2.99. The number of allylic oxidation sites excluding steroid dienone is 8. The number of quaternary nitrogens is 1. The third kappa shape index (κ3) is 31.1. The maximum atomic E-state index is 12.7. The van der Waals surface area contributed by atoms with Gasteiger partial charge in [-0.3, -0.25) is 13.8 Å². The first-order valence-corrected chi connectivity index (χ1v) is 19.5. The Morgan fingerprint density at radius 2 is 1.30 bits per heavy atom. The van der Waals surface area contributed by atoms with Gasteiger partial charge < -0.3 is 19.8 Å². The molecule has 0 spiro atoms. The average molecular weight is 670 g/mol. The number of carbonyl (C=O) groups is 1. The van der Waals surface area contributed by atoms with Crippen molar-refractivity contribution in [2.75, 3.05) is 40.9 Å². The lowest BCUT2D eigenvalue weighted by molar-refractivity contribution is -0.870. The Kier molecular flexibility index (Phi) is 28.6. The summed E-state index contributed by atoms with van der Waals surface area (Å²) in [5, 5.41) is 13.7. The van der Waals surface area contributed by atoms with Gasteiger partial charge in [0.1, 0.15) is 13.2 Å². The molecule has 0 aromatic carbocycles. The maximum Gasteiger partial charge on any atom is 0.472 e. The van der Waals surface area contributed by atoms with Gasteiger partial charge in [0.15, 0.2) is 0 Å². The molecule has 0 aromatic rings. The number of aliphatic hydroxyl groups is 1. The van der Waals surface area contributed by atoms with E-state index in [1.54, 1.807) is 0 Å². The molecule has 0 saturated carbocycles. The summed E-state index contributed by atoms with van der Waals surface area (Å²) in [4.78, 5) is 22.8. The van der Waals surface area contributed by atoms with Crippen molar-refractivity contribution in [2.45, 2.75) is 142 Å². The Balaban J connectivity index is 4.29. The van der Waals surface area contributed by atoms with E-state index in [0.717, 1.165) is 89.9 Å². The van der Waals surface area contributed by atoms with Crippen molar-refractivity contribution in [3.63, 3.8) is 0 Å². The number of rotatable bonds is 31. The van der Waals surface area contributed by atoms with E-state index in [2.05, 4.69) is 67.8 Å². The molecule has 0 rings (SSSR count). The lowest BCUT2D eigenvalue weighted by Crippen LogP contribution is -2.46. The van der Waals surface area contributed by atoms with E-state index in [9.17, 15) is 19.4 Å². The van der Waals surface area contributed by atoms with Crippen LogP contribution in [-0.2, 0) is 18.4 Å². The normalized spacial score (nSPS) is 15.4. The van der Waals surface area contributed by atoms with Gasteiger partial charge in [-0.2, -0.15) is 0 Å². The number of aliphatic hydroxyl groups excluding tert-OH is 1. The zero-order valence-electron chi connectivity index (χ0n) is 30.0. The summed E-state index contributed by atoms with van der Waals surface area (Å²) in [5.41, 5.74) is 0. The van der Waals surface area contributed by atoms with Crippen molar-refractivity contribution in [2.24, 2.45) is 0 Å². The standard InChI is InChI=1S/C37H69N2O6P/c1-6-8-10-12-13-14-15-16-17-18-19-20-21-22-23-24-25-27-29-31-37(41)38-35(36(40)30-28-26-11-9-7-2)34-45-46(42,43)44-33-32-39(3,4)5/h8,10,13-14,16-17,19-20,35-36,40H,6-7,9,11-12,15,18,21-34H2,1-5H3,(H-,38,41,42,43)/p+1/b10-8-,14-13-,17-16-,20-19-. The molecule has 268 valence electrons. The molecule has 0 fully saturated rings. The van der Waals surface area contributed by atoms with Crippen molar-refractivity contribution >= 4 is 13.7 Å². The van der Waals surface area contributed by atoms with Gasteiger partial charge in [-0.25, -0.2) is 4.57 Å². The van der Waals surface area contributed by atoms with Crippen LogP contribution >= 0.6 is 7.82 Å². The van der Waals surface area contributed by atoms with Crippen LogP contribution in [0.5, 0.6) is 0 Å². The number of likely N-dealkylation sites (N-methyl/N-ethyl adjacent to an activating group) is 1. The lowest BCUT2D eigenvalue weighted by atomic mass is 10.0. The largest absolute Gasteiger partial charge is 0.472 e. The Labute approximate surface area is 282 Å². The van der Waals surface area contributed by atoms with Crippen LogP contribution in [0.4, 0.5) is 0 Å². The summed E-state index contributed by atoms with van der Waals surface area (Å²) in [7, 11) is 1.59. The van der Waals surface area contributed by atoms with E-state index in [1.807, 2.05) is 21.1 Å². The van der Waals surface area contributed by atoms with Gasteiger partial charge in [0.05, 0.1) is 39.9 Å². The molecule has 0 aliphatic rings. The topological polar surface area (TPSA) is 105 Å². The smallest absolute Gasteiger partial charge is 0.391 e. The molecule has 0 saturated heterocycles. The predicted molar refractivity (Wildman–Crippen MR) is 194 cm³/mol. The number of hydrogen-bond acceptors (Lipinski definition) is 5. The summed E-state index contributed by atoms with van der Waals surface area (Å²) in [5.74, 6) is -0.170. The van der Waals surface area contributed by atoms with Gasteiger partial charge in [-0.15, -0.1) is 0 Å². The van der Waals surface area contributed by atoms with Gasteiger partial charge in [0, 0.05) is 6.42 Å². The highest BCUT2D eigenvalue weighted by molar-refractivity contribution is 7.47. The van der Waals surface area contributed by atoms with Crippen molar-refractivity contribution in [3.05, 3.63) is 48.6 Å². The van der Waals surface area contributed by atoms with E-state index < -0.39 is 20.0 Å². The zero-order chi connectivity index (χ0) is 34.4. The van der Waals surface area contributed by atoms with E-state index in [4.69, 9.17) is 9.05 Å². The van der Waals surface area contributed by atoms with Crippen molar-refractivity contribution in [1.29, 1.82) is 0 Å². The van der Waals surface area contributed by atoms with Crippen LogP contribution in [0.3, 0.4) is 0 Å². The molecule has 3 atom stereocenters. The highest BCUT2D eigenvalue weighted by atomic mass is 31.2. The van der Waals surface area contributed by atoms with E-state index in [1.165, 1.54) is 12.8 Å². The molecule has 0 aromatic heterocycles. The summed E-state index contributed by atoms with van der Waals surface area (Å²) >= 11 is 0. The quantitative estimate of drug-likeness (QED) is 0.0295. The molecular formula is C37H70N2O6P+. The van der Waals surface area contributed by atoms with Crippen LogP contribution in [0.25, 0.3) is 0 Å². The molecule has 8 nitrogen and oxygen atoms in total. The van der Waals surface area contributed by atoms with Crippen molar-refractivity contribution < 1.29 is 32.9 Å². The minimum Gasteiger partial charge on any atom is -0.391 e. The number of hydrogen-bond donors (Lipinski definition) is 3. The second kappa shape index (κ2) is 29.6. The molecule has 3 unspecified atom stereocenters. The molecule has 46 heavy (non-hydrogen) atoms. The summed E-state index contributed by atoms with van der Waals surface area (Å²) < 4.78 is 23.3. The number of phosphoric acid groups is 1. The van der Waals surface area contributed by atoms with Gasteiger partial charge in [-0.1, -0.05) is 120 Å². The molecule has 1 amide bonds. The molecule has 3 N–H and O–H groups in total. The Bertz CT molecular complexity index is 897. The van der Waals surface area contributed by atoms with Crippen LogP contribution in [0.15, 0.2) is 48.6 Å². The molecule has 0 aliphatic carbocycles. The van der Waals surface area contributed by atoms with Crippen LogP contribution in [0.1, 0.15) is 129 Å². The highest BCUT2D eigenvalue weighted by Crippen LogP contribution is 2.43. The van der Waals surface area contributed by atoms with E-state index in [-0.39, 0.29) is 19.1 Å². The Morgan fingerprint density at radius 1 is 0.761 bits per heavy atom. The fourth-order valence-electron chi connectivity index (χ4n) is 4.68. The SMILES string of the molecule is CC/C=C\C/C=C\C/C=C\C/C=C\CCCCCCCCC(=O)NC(COP(=O)(O)OCC[N+](C)(C)C)C(O)CCCCCCC. The third-order valence-electron chi connectivity index (χ3n) is 7.59. The van der Waals surface area contributed by atoms with Crippen LogP contribution in [-0.4, -0.2) is 73.4 Å². The summed E-state index contributed by atoms with van der Waals surface area (Å²) in [6, 6.07) is -0.764. The number of carbonyl (C=O) groups excluding carboxylic acids is 1. The van der Waals surface area contributed by atoms with Gasteiger partial charge in [0.25, 0.3) is 0 Å². The van der Waals surface area contributed by atoms with Crippen molar-refractivity contribution in [3.8, 4) is 0 Å². The first-order valence-electron chi connectivity index (χ1n) is 18.0. The minimum atomic E-state index is -4.30. The Hall–Kier alpha value is -1.54. The molecule has 0 aliphatic heterocycles. The number of phosphoric ester groups is 1. The van der Waals surface area contributed by atoms with E-state index >= 15 is 0 Å². The van der Waals surface area contributed by atoms with Crippen molar-refractivity contribution in [1.82, 2.24) is 5.32 Å². The van der Waals surface area contributed by atoms with Crippen LogP contribution in [0.2, 0.25) is 0 Å². The van der Waals surface area contributed by atoms with E-state index in [0.29, 0.717) is 23.9 Å². The fourth-order valence-corrected chi connectivity index (χ4v) is 5.42. The van der Waals surface area contributed by atoms with Crippen LogP contribution < -0.4 is 5.32 Å². The van der Waals surface area contributed by atoms with Gasteiger partial charge >= 0.3 is 7.82 Å². The summed E-state index contributed by atoms with van der Waals surface area (Å²) in [6.45, 7) is 4.64. The number of nitrogens with zero attached hydrogens (tertiary/aromatic N) is 1. The van der Waals surface area contributed by atoms with Gasteiger partial charge in [0.2, 0.25) is 5.91 Å². The second-order valence-corrected chi connectivity index (χ2v) is 14.7.